The molecule has 0 amide bonds. The number of nitrogens with zero attached hydrogens (tertiary/aromatic N) is 1. The molecule has 0 saturated carbocycles. The van der Waals surface area contributed by atoms with Crippen LogP contribution in [-0.4, -0.2) is 23.6 Å². The van der Waals surface area contributed by atoms with Crippen LogP contribution in [0.1, 0.15) is 17.2 Å². The van der Waals surface area contributed by atoms with Crippen molar-refractivity contribution in [1.29, 1.82) is 0 Å². The molecule has 3 rings (SSSR count). The Labute approximate surface area is 127 Å². The Balaban J connectivity index is 2.06. The zero-order valence-corrected chi connectivity index (χ0v) is 12.2. The van der Waals surface area contributed by atoms with Crippen molar-refractivity contribution in [2.45, 2.75) is 5.92 Å². The fraction of sp³-hybridized carbons (Fsp3) is 0.176. The van der Waals surface area contributed by atoms with E-state index in [1.165, 1.54) is 0 Å². The number of methoxy groups -OCH3 is 1. The summed E-state index contributed by atoms with van der Waals surface area (Å²) >= 11 is 0. The Bertz CT molecular complexity index is 777. The van der Waals surface area contributed by atoms with Gasteiger partial charge in [0.05, 0.1) is 13.0 Å². The Morgan fingerprint density at radius 2 is 2.00 bits per heavy atom. The molecule has 0 fully saturated rings. The van der Waals surface area contributed by atoms with Crippen molar-refractivity contribution in [3.05, 3.63) is 76.0 Å². The van der Waals surface area contributed by atoms with E-state index in [1.807, 2.05) is 54.6 Å². The van der Waals surface area contributed by atoms with Crippen LogP contribution in [0.5, 0.6) is 5.75 Å². The monoisotopic (exact) mass is 296 g/mol. The van der Waals surface area contributed by atoms with Crippen LogP contribution in [0.3, 0.4) is 0 Å². The molecular weight excluding hydrogens is 280 g/mol. The predicted molar refractivity (Wildman–Crippen MR) is 85.0 cm³/mol. The fourth-order valence-corrected chi connectivity index (χ4v) is 2.67. The molecule has 0 aliphatic carbocycles. The Hall–Kier alpha value is -2.82. The Morgan fingerprint density at radius 1 is 1.18 bits per heavy atom. The number of hydrogen-bond donors (Lipinski definition) is 1. The summed E-state index contributed by atoms with van der Waals surface area (Å²) in [6.45, 7) is -0.167. The van der Waals surface area contributed by atoms with Gasteiger partial charge in [-0.3, -0.25) is 10.1 Å². The quantitative estimate of drug-likeness (QED) is 0.578. The van der Waals surface area contributed by atoms with E-state index in [0.717, 1.165) is 22.2 Å². The summed E-state index contributed by atoms with van der Waals surface area (Å²) in [7, 11) is 1.59. The third kappa shape index (κ3) is 2.79. The van der Waals surface area contributed by atoms with Gasteiger partial charge in [-0.2, -0.15) is 0 Å². The van der Waals surface area contributed by atoms with Gasteiger partial charge in [-0.15, -0.1) is 0 Å². The van der Waals surface area contributed by atoms with E-state index in [2.05, 4.69) is 4.98 Å². The molecule has 1 unspecified atom stereocenters. The van der Waals surface area contributed by atoms with Crippen molar-refractivity contribution >= 4 is 10.9 Å². The van der Waals surface area contributed by atoms with Crippen LogP contribution in [0.25, 0.3) is 10.9 Å². The van der Waals surface area contributed by atoms with E-state index >= 15 is 0 Å². The highest BCUT2D eigenvalue weighted by molar-refractivity contribution is 5.80. The van der Waals surface area contributed by atoms with E-state index in [-0.39, 0.29) is 17.4 Å². The number of hydrogen-bond acceptors (Lipinski definition) is 3. The van der Waals surface area contributed by atoms with Crippen LogP contribution >= 0.6 is 0 Å². The number of ether oxygens (including phenoxy) is 1. The fourth-order valence-electron chi connectivity index (χ4n) is 2.67. The number of para-hydroxylation sites is 1. The lowest BCUT2D eigenvalue weighted by Gasteiger charge is -2.13. The third-order valence-electron chi connectivity index (χ3n) is 3.75. The van der Waals surface area contributed by atoms with Gasteiger partial charge in [0, 0.05) is 16.1 Å². The van der Waals surface area contributed by atoms with Crippen molar-refractivity contribution in [3.8, 4) is 5.75 Å². The maximum Gasteiger partial charge on any atom is 0.216 e. The molecule has 112 valence electrons. The van der Waals surface area contributed by atoms with E-state index in [4.69, 9.17) is 4.74 Å². The maximum atomic E-state index is 11.1. The lowest BCUT2D eigenvalue weighted by molar-refractivity contribution is -0.481. The van der Waals surface area contributed by atoms with Gasteiger partial charge in [0.25, 0.3) is 0 Å². The second-order valence-electron chi connectivity index (χ2n) is 5.16. The number of benzene rings is 2. The summed E-state index contributed by atoms with van der Waals surface area (Å²) in [4.78, 5) is 14.1. The van der Waals surface area contributed by atoms with Gasteiger partial charge in [-0.05, 0) is 35.2 Å². The van der Waals surface area contributed by atoms with Crippen LogP contribution in [0.4, 0.5) is 0 Å². The molecule has 5 heteroatoms. The molecule has 1 N–H and O–H groups in total. The molecule has 0 saturated heterocycles. The first kappa shape index (κ1) is 14.1. The highest BCUT2D eigenvalue weighted by Gasteiger charge is 2.22. The predicted octanol–water partition coefficient (Wildman–Crippen LogP) is 3.59. The van der Waals surface area contributed by atoms with Crippen LogP contribution < -0.4 is 4.74 Å². The van der Waals surface area contributed by atoms with Crippen molar-refractivity contribution < 1.29 is 9.66 Å². The molecule has 22 heavy (non-hydrogen) atoms. The molecule has 1 heterocycles. The Kier molecular flexibility index (Phi) is 3.78. The van der Waals surface area contributed by atoms with Gasteiger partial charge < -0.3 is 9.72 Å². The van der Waals surface area contributed by atoms with Crippen LogP contribution in [-0.2, 0) is 0 Å². The van der Waals surface area contributed by atoms with Crippen molar-refractivity contribution in [2.24, 2.45) is 0 Å². The van der Waals surface area contributed by atoms with E-state index in [1.54, 1.807) is 7.11 Å². The number of nitrogens with one attached hydrogen (secondary N) is 1. The first-order valence-electron chi connectivity index (χ1n) is 7.01. The molecule has 0 aliphatic rings. The summed E-state index contributed by atoms with van der Waals surface area (Å²) in [5.74, 6) is 0.361. The van der Waals surface area contributed by atoms with Crippen molar-refractivity contribution in [3.63, 3.8) is 0 Å². The van der Waals surface area contributed by atoms with Crippen molar-refractivity contribution in [1.82, 2.24) is 4.98 Å². The van der Waals surface area contributed by atoms with Gasteiger partial charge in [0.2, 0.25) is 6.54 Å². The molecular formula is C17H16N2O3. The highest BCUT2D eigenvalue weighted by Crippen LogP contribution is 2.29. The third-order valence-corrected chi connectivity index (χ3v) is 3.75. The minimum absolute atomic E-state index is 0.167. The average molecular weight is 296 g/mol. The molecule has 0 spiro atoms. The largest absolute Gasteiger partial charge is 0.497 e. The molecule has 0 bridgehead atoms. The maximum absolute atomic E-state index is 11.1. The van der Waals surface area contributed by atoms with Gasteiger partial charge in [0.1, 0.15) is 5.75 Å². The van der Waals surface area contributed by atoms with Crippen molar-refractivity contribution in [2.75, 3.05) is 13.7 Å². The lowest BCUT2D eigenvalue weighted by atomic mass is 9.95. The molecule has 2 aromatic carbocycles. The number of aromatic nitrogens is 1. The topological polar surface area (TPSA) is 68.2 Å². The lowest BCUT2D eigenvalue weighted by Crippen LogP contribution is -2.14. The molecule has 0 aliphatic heterocycles. The van der Waals surface area contributed by atoms with Gasteiger partial charge in [0.15, 0.2) is 0 Å². The minimum atomic E-state index is -0.336. The van der Waals surface area contributed by atoms with Crippen LogP contribution in [0.2, 0.25) is 0 Å². The number of fused-ring (bicyclic) bond motifs is 1. The summed E-state index contributed by atoms with van der Waals surface area (Å²) in [6, 6.07) is 17.2. The molecule has 3 aromatic rings. The first-order chi connectivity index (χ1) is 10.7. The summed E-state index contributed by atoms with van der Waals surface area (Å²) < 4.78 is 5.22. The summed E-state index contributed by atoms with van der Waals surface area (Å²) in [6.07, 6.45) is 0. The molecule has 1 aromatic heterocycles. The van der Waals surface area contributed by atoms with E-state index < -0.39 is 0 Å². The standard InChI is InChI=1S/C17H16N2O3/c1-22-14-7-4-6-12(9-14)15(11-19(20)21)17-10-13-5-2-3-8-16(13)18-17/h2-10,15,18H,11H2,1H3. The smallest absolute Gasteiger partial charge is 0.216 e. The average Bonchev–Trinajstić information content (AvgIpc) is 2.96. The molecule has 1 atom stereocenters. The highest BCUT2D eigenvalue weighted by atomic mass is 16.6. The normalized spacial score (nSPS) is 12.2. The summed E-state index contributed by atoms with van der Waals surface area (Å²) in [5, 5.41) is 12.1. The zero-order valence-electron chi connectivity index (χ0n) is 12.2. The van der Waals surface area contributed by atoms with E-state index in [0.29, 0.717) is 5.75 Å². The Morgan fingerprint density at radius 3 is 2.73 bits per heavy atom. The summed E-state index contributed by atoms with van der Waals surface area (Å²) in [5.41, 5.74) is 2.68. The number of aromatic amines is 1. The molecule has 0 radical (unpaired) electrons. The van der Waals surface area contributed by atoms with Gasteiger partial charge in [-0.1, -0.05) is 30.3 Å². The molecule has 5 nitrogen and oxygen atoms in total. The van der Waals surface area contributed by atoms with Gasteiger partial charge in [-0.25, -0.2) is 0 Å². The first-order valence-corrected chi connectivity index (χ1v) is 7.01. The zero-order chi connectivity index (χ0) is 15.5. The number of nitro groups is 1. The van der Waals surface area contributed by atoms with Crippen LogP contribution in [0, 0.1) is 10.1 Å². The van der Waals surface area contributed by atoms with E-state index in [9.17, 15) is 10.1 Å². The van der Waals surface area contributed by atoms with Crippen LogP contribution in [0.15, 0.2) is 54.6 Å². The minimum Gasteiger partial charge on any atom is -0.497 e. The van der Waals surface area contributed by atoms with Gasteiger partial charge >= 0.3 is 0 Å². The SMILES string of the molecule is COc1cccc(C(C[N+](=O)[O-])c2cc3ccccc3[nH]2)c1. The second kappa shape index (κ2) is 5.89. The number of rotatable bonds is 5. The number of H-pyrrole nitrogens is 1. The second-order valence-corrected chi connectivity index (χ2v) is 5.16.